The minimum Gasteiger partial charge on any atom is -0.364 e. The van der Waals surface area contributed by atoms with Crippen LogP contribution in [-0.2, 0) is 6.54 Å². The number of aromatic nitrogens is 2. The van der Waals surface area contributed by atoms with Crippen LogP contribution in [0.15, 0.2) is 42.7 Å². The van der Waals surface area contributed by atoms with Gasteiger partial charge in [0, 0.05) is 31.0 Å². The number of anilines is 1. The SMILES string of the molecule is CN(C)CCNC(=O)c1ccnc(NCc2ccccn2)c1. The van der Waals surface area contributed by atoms with Gasteiger partial charge in [-0.15, -0.1) is 0 Å². The molecule has 22 heavy (non-hydrogen) atoms. The minimum atomic E-state index is -0.0925. The van der Waals surface area contributed by atoms with E-state index in [1.165, 1.54) is 0 Å². The number of rotatable bonds is 7. The van der Waals surface area contributed by atoms with Crippen LogP contribution in [0.25, 0.3) is 0 Å². The van der Waals surface area contributed by atoms with Crippen LogP contribution >= 0.6 is 0 Å². The van der Waals surface area contributed by atoms with Crippen molar-refractivity contribution in [3.63, 3.8) is 0 Å². The van der Waals surface area contributed by atoms with E-state index in [2.05, 4.69) is 20.6 Å². The van der Waals surface area contributed by atoms with Gasteiger partial charge in [-0.3, -0.25) is 9.78 Å². The fourth-order valence-corrected chi connectivity index (χ4v) is 1.85. The van der Waals surface area contributed by atoms with Crippen LogP contribution in [0.1, 0.15) is 16.1 Å². The van der Waals surface area contributed by atoms with Crippen molar-refractivity contribution in [2.75, 3.05) is 32.5 Å². The Morgan fingerprint density at radius 1 is 1.18 bits per heavy atom. The second kappa shape index (κ2) is 8.09. The van der Waals surface area contributed by atoms with Gasteiger partial charge in [-0.2, -0.15) is 0 Å². The minimum absolute atomic E-state index is 0.0925. The molecule has 0 saturated heterocycles. The molecular formula is C16H21N5O. The van der Waals surface area contributed by atoms with E-state index in [0.29, 0.717) is 24.5 Å². The lowest BCUT2D eigenvalue weighted by molar-refractivity contribution is 0.0951. The smallest absolute Gasteiger partial charge is 0.251 e. The molecule has 0 fully saturated rings. The fraction of sp³-hybridized carbons (Fsp3) is 0.312. The molecule has 6 heteroatoms. The van der Waals surface area contributed by atoms with Crippen molar-refractivity contribution in [2.24, 2.45) is 0 Å². The molecule has 0 atom stereocenters. The van der Waals surface area contributed by atoms with Crippen LogP contribution in [0.5, 0.6) is 0 Å². The van der Waals surface area contributed by atoms with Gasteiger partial charge in [0.1, 0.15) is 5.82 Å². The standard InChI is InChI=1S/C16H21N5O/c1-21(2)10-9-19-16(22)13-6-8-18-15(11-13)20-12-14-5-3-4-7-17-14/h3-8,11H,9-10,12H2,1-2H3,(H,18,20)(H,19,22). The summed E-state index contributed by atoms with van der Waals surface area (Å²) in [5.74, 6) is 0.566. The maximum absolute atomic E-state index is 12.1. The summed E-state index contributed by atoms with van der Waals surface area (Å²) in [6.07, 6.45) is 3.38. The number of amides is 1. The van der Waals surface area contributed by atoms with Crippen LogP contribution in [-0.4, -0.2) is 48.0 Å². The van der Waals surface area contributed by atoms with E-state index in [-0.39, 0.29) is 5.91 Å². The van der Waals surface area contributed by atoms with Crippen LogP contribution in [0.3, 0.4) is 0 Å². The highest BCUT2D eigenvalue weighted by Gasteiger charge is 2.06. The van der Waals surface area contributed by atoms with Gasteiger partial charge < -0.3 is 15.5 Å². The van der Waals surface area contributed by atoms with Gasteiger partial charge >= 0.3 is 0 Å². The quantitative estimate of drug-likeness (QED) is 0.808. The Balaban J connectivity index is 1.90. The number of nitrogens with zero attached hydrogens (tertiary/aromatic N) is 3. The van der Waals surface area contributed by atoms with Crippen molar-refractivity contribution in [2.45, 2.75) is 6.54 Å². The lowest BCUT2D eigenvalue weighted by atomic mass is 10.2. The van der Waals surface area contributed by atoms with Crippen molar-refractivity contribution in [1.29, 1.82) is 0 Å². The second-order valence-electron chi connectivity index (χ2n) is 5.16. The molecule has 2 rings (SSSR count). The molecule has 0 radical (unpaired) electrons. The Labute approximate surface area is 130 Å². The Morgan fingerprint density at radius 2 is 2.05 bits per heavy atom. The van der Waals surface area contributed by atoms with Gasteiger partial charge in [0.15, 0.2) is 0 Å². The molecule has 0 spiro atoms. The zero-order valence-electron chi connectivity index (χ0n) is 12.9. The highest BCUT2D eigenvalue weighted by atomic mass is 16.1. The summed E-state index contributed by atoms with van der Waals surface area (Å²) in [4.78, 5) is 22.5. The first-order chi connectivity index (χ1) is 10.6. The molecule has 0 aliphatic rings. The van der Waals surface area contributed by atoms with E-state index in [4.69, 9.17) is 0 Å². The van der Waals surface area contributed by atoms with Crippen molar-refractivity contribution in [1.82, 2.24) is 20.2 Å². The number of pyridine rings is 2. The van der Waals surface area contributed by atoms with Crippen LogP contribution in [0.2, 0.25) is 0 Å². The summed E-state index contributed by atoms with van der Waals surface area (Å²) in [6.45, 7) is 1.99. The predicted molar refractivity (Wildman–Crippen MR) is 86.7 cm³/mol. The first-order valence-corrected chi connectivity index (χ1v) is 7.18. The maximum atomic E-state index is 12.1. The Hall–Kier alpha value is -2.47. The molecular weight excluding hydrogens is 278 g/mol. The van der Waals surface area contributed by atoms with Crippen molar-refractivity contribution in [3.05, 3.63) is 54.0 Å². The molecule has 116 valence electrons. The van der Waals surface area contributed by atoms with Gasteiger partial charge in [-0.25, -0.2) is 4.98 Å². The lowest BCUT2D eigenvalue weighted by Crippen LogP contribution is -2.31. The van der Waals surface area contributed by atoms with Crippen molar-refractivity contribution >= 4 is 11.7 Å². The Kier molecular flexibility index (Phi) is 5.85. The molecule has 0 unspecified atom stereocenters. The summed E-state index contributed by atoms with van der Waals surface area (Å²) >= 11 is 0. The normalized spacial score (nSPS) is 10.5. The Bertz CT molecular complexity index is 600. The van der Waals surface area contributed by atoms with Gasteiger partial charge in [0.25, 0.3) is 5.91 Å². The lowest BCUT2D eigenvalue weighted by Gasteiger charge is -2.11. The monoisotopic (exact) mass is 299 g/mol. The first kappa shape index (κ1) is 15.9. The van der Waals surface area contributed by atoms with E-state index >= 15 is 0 Å². The third-order valence-corrected chi connectivity index (χ3v) is 3.04. The maximum Gasteiger partial charge on any atom is 0.251 e. The van der Waals surface area contributed by atoms with Gasteiger partial charge in [0.2, 0.25) is 0 Å². The van der Waals surface area contributed by atoms with Gasteiger partial charge in [-0.1, -0.05) is 6.07 Å². The van der Waals surface area contributed by atoms with Gasteiger partial charge in [0.05, 0.1) is 12.2 Å². The molecule has 0 saturated carbocycles. The molecule has 0 aromatic carbocycles. The van der Waals surface area contributed by atoms with Crippen LogP contribution in [0.4, 0.5) is 5.82 Å². The first-order valence-electron chi connectivity index (χ1n) is 7.18. The number of carbonyl (C=O) groups is 1. The molecule has 0 aliphatic carbocycles. The predicted octanol–water partition coefficient (Wildman–Crippen LogP) is 1.38. The highest BCUT2D eigenvalue weighted by Crippen LogP contribution is 2.08. The largest absolute Gasteiger partial charge is 0.364 e. The van der Waals surface area contributed by atoms with Gasteiger partial charge in [-0.05, 0) is 38.4 Å². The summed E-state index contributed by atoms with van der Waals surface area (Å²) in [7, 11) is 3.94. The van der Waals surface area contributed by atoms with Crippen LogP contribution < -0.4 is 10.6 Å². The molecule has 2 N–H and O–H groups in total. The topological polar surface area (TPSA) is 70.2 Å². The third kappa shape index (κ3) is 5.14. The summed E-state index contributed by atoms with van der Waals surface area (Å²) < 4.78 is 0. The highest BCUT2D eigenvalue weighted by molar-refractivity contribution is 5.94. The molecule has 0 aliphatic heterocycles. The van der Waals surface area contributed by atoms with E-state index in [9.17, 15) is 4.79 Å². The Morgan fingerprint density at radius 3 is 2.77 bits per heavy atom. The molecule has 0 bridgehead atoms. The number of hydrogen-bond acceptors (Lipinski definition) is 5. The summed E-state index contributed by atoms with van der Waals surface area (Å²) in [5, 5.41) is 6.05. The number of likely N-dealkylation sites (N-methyl/N-ethyl adjacent to an activating group) is 1. The average Bonchev–Trinajstić information content (AvgIpc) is 2.54. The molecule has 6 nitrogen and oxygen atoms in total. The third-order valence-electron chi connectivity index (χ3n) is 3.04. The zero-order valence-corrected chi connectivity index (χ0v) is 12.9. The van der Waals surface area contributed by atoms with E-state index in [0.717, 1.165) is 12.2 Å². The van der Waals surface area contributed by atoms with E-state index < -0.39 is 0 Å². The van der Waals surface area contributed by atoms with E-state index in [1.54, 1.807) is 24.5 Å². The summed E-state index contributed by atoms with van der Waals surface area (Å²) in [5.41, 5.74) is 1.52. The fourth-order valence-electron chi connectivity index (χ4n) is 1.85. The number of nitrogens with one attached hydrogen (secondary N) is 2. The number of hydrogen-bond donors (Lipinski definition) is 2. The number of carbonyl (C=O) groups excluding carboxylic acids is 1. The zero-order chi connectivity index (χ0) is 15.8. The molecule has 2 heterocycles. The molecule has 2 aromatic heterocycles. The average molecular weight is 299 g/mol. The molecule has 2 aromatic rings. The van der Waals surface area contributed by atoms with E-state index in [1.807, 2.05) is 37.2 Å². The summed E-state index contributed by atoms with van der Waals surface area (Å²) in [6, 6.07) is 9.20. The van der Waals surface area contributed by atoms with Crippen molar-refractivity contribution < 1.29 is 4.79 Å². The second-order valence-corrected chi connectivity index (χ2v) is 5.16. The van der Waals surface area contributed by atoms with Crippen LogP contribution in [0, 0.1) is 0 Å². The molecule has 1 amide bonds. The van der Waals surface area contributed by atoms with Crippen molar-refractivity contribution in [3.8, 4) is 0 Å².